The smallest absolute Gasteiger partial charge is 0.192 e. The summed E-state index contributed by atoms with van der Waals surface area (Å²) in [6.45, 7) is 0.427. The van der Waals surface area contributed by atoms with Crippen LogP contribution in [-0.4, -0.2) is 5.96 Å². The molecule has 3 aromatic carbocycles. The first-order chi connectivity index (χ1) is 12.8. The van der Waals surface area contributed by atoms with Gasteiger partial charge in [0.15, 0.2) is 5.96 Å². The Morgan fingerprint density at radius 2 is 1.30 bits per heavy atom. The van der Waals surface area contributed by atoms with E-state index in [1.807, 2.05) is 42.5 Å². The van der Waals surface area contributed by atoms with E-state index in [1.165, 1.54) is 23.3 Å². The van der Waals surface area contributed by atoms with Gasteiger partial charge in [0.05, 0.1) is 18.6 Å². The summed E-state index contributed by atoms with van der Waals surface area (Å²) in [5.41, 5.74) is 3.25. The zero-order chi connectivity index (χ0) is 17.8. The lowest BCUT2D eigenvalue weighted by Gasteiger charge is -2.19. The van der Waals surface area contributed by atoms with Crippen molar-refractivity contribution in [3.8, 4) is 0 Å². The Kier molecular flexibility index (Phi) is 6.09. The fourth-order valence-electron chi connectivity index (χ4n) is 3.27. The summed E-state index contributed by atoms with van der Waals surface area (Å²) in [7, 11) is 0. The van der Waals surface area contributed by atoms with Gasteiger partial charge in [0.1, 0.15) is 5.82 Å². The van der Waals surface area contributed by atoms with Crippen LogP contribution in [0.25, 0.3) is 0 Å². The Hall–Kier alpha value is -2.85. The van der Waals surface area contributed by atoms with Crippen molar-refractivity contribution in [1.29, 1.82) is 0 Å². The molecule has 0 aliphatic carbocycles. The van der Waals surface area contributed by atoms with Gasteiger partial charge in [0.25, 0.3) is 0 Å². The highest BCUT2D eigenvalue weighted by Crippen LogP contribution is 2.32. The van der Waals surface area contributed by atoms with Crippen LogP contribution in [0.15, 0.2) is 89.9 Å². The van der Waals surface area contributed by atoms with Crippen molar-refractivity contribution < 1.29 is 4.39 Å². The van der Waals surface area contributed by atoms with Crippen molar-refractivity contribution in [2.75, 3.05) is 0 Å². The van der Waals surface area contributed by atoms with Crippen LogP contribution in [0, 0.1) is 5.82 Å². The first kappa shape index (κ1) is 18.9. The Morgan fingerprint density at radius 1 is 0.741 bits per heavy atom. The summed E-state index contributed by atoms with van der Waals surface area (Å²) >= 11 is 0. The molecule has 1 fully saturated rings. The molecule has 0 spiro atoms. The van der Waals surface area contributed by atoms with Gasteiger partial charge >= 0.3 is 0 Å². The maximum atomic E-state index is 13.4. The number of nitrogens with one attached hydrogen (secondary N) is 2. The number of guanidine groups is 1. The van der Waals surface area contributed by atoms with E-state index in [9.17, 15) is 4.39 Å². The molecule has 3 nitrogen and oxygen atoms in total. The fourth-order valence-corrected chi connectivity index (χ4v) is 3.27. The van der Waals surface area contributed by atoms with Crippen LogP contribution in [0.1, 0.15) is 28.8 Å². The molecule has 3 aromatic rings. The summed E-state index contributed by atoms with van der Waals surface area (Å²) < 4.78 is 13.4. The average molecular weight is 382 g/mol. The lowest BCUT2D eigenvalue weighted by molar-refractivity contribution is 0.554. The third kappa shape index (κ3) is 4.47. The summed E-state index contributed by atoms with van der Waals surface area (Å²) in [6.07, 6.45) is 0. The van der Waals surface area contributed by atoms with E-state index in [0.717, 1.165) is 11.5 Å². The maximum absolute atomic E-state index is 13.4. The monoisotopic (exact) mass is 381 g/mol. The van der Waals surface area contributed by atoms with Crippen LogP contribution < -0.4 is 10.6 Å². The van der Waals surface area contributed by atoms with Crippen LogP contribution in [0.4, 0.5) is 4.39 Å². The summed E-state index contributed by atoms with van der Waals surface area (Å²) in [6, 6.07) is 27.4. The number of benzene rings is 3. The molecule has 0 saturated carbocycles. The van der Waals surface area contributed by atoms with Gasteiger partial charge in [-0.3, -0.25) is 0 Å². The van der Waals surface area contributed by atoms with Gasteiger partial charge in [0, 0.05) is 0 Å². The van der Waals surface area contributed by atoms with Crippen molar-refractivity contribution in [2.24, 2.45) is 4.99 Å². The quantitative estimate of drug-likeness (QED) is 0.682. The van der Waals surface area contributed by atoms with E-state index in [4.69, 9.17) is 0 Å². The first-order valence-corrected chi connectivity index (χ1v) is 8.71. The standard InChI is InChI=1S/C22H20FN3.ClH/c23-19-13-7-8-16(14-19)15-24-22-25-20(17-9-3-1-4-10-17)21(26-22)18-11-5-2-6-12-18;/h1-14,20-21H,15H2,(H2,24,25,26);1H. The SMILES string of the molecule is Cl.Fc1cccc(CN=C2NC(c3ccccc3)C(c3ccccc3)N2)c1. The number of aliphatic imine (C=N–C) groups is 1. The lowest BCUT2D eigenvalue weighted by atomic mass is 9.95. The van der Waals surface area contributed by atoms with Crippen LogP contribution in [0.5, 0.6) is 0 Å². The molecule has 2 N–H and O–H groups in total. The first-order valence-electron chi connectivity index (χ1n) is 8.71. The molecule has 1 aliphatic heterocycles. The third-order valence-electron chi connectivity index (χ3n) is 4.54. The molecular formula is C22H21ClFN3. The zero-order valence-corrected chi connectivity index (χ0v) is 15.5. The molecule has 2 unspecified atom stereocenters. The number of halogens is 2. The molecule has 4 rings (SSSR count). The number of hydrogen-bond donors (Lipinski definition) is 2. The van der Waals surface area contributed by atoms with Crippen molar-refractivity contribution in [2.45, 2.75) is 18.6 Å². The zero-order valence-electron chi connectivity index (χ0n) is 14.7. The second-order valence-corrected chi connectivity index (χ2v) is 6.36. The van der Waals surface area contributed by atoms with Crippen molar-refractivity contribution in [3.63, 3.8) is 0 Å². The van der Waals surface area contributed by atoms with E-state index < -0.39 is 0 Å². The van der Waals surface area contributed by atoms with Crippen LogP contribution in [0.3, 0.4) is 0 Å². The molecule has 0 aromatic heterocycles. The maximum Gasteiger partial charge on any atom is 0.192 e. The molecule has 1 saturated heterocycles. The average Bonchev–Trinajstić information content (AvgIpc) is 3.12. The van der Waals surface area contributed by atoms with Crippen LogP contribution in [-0.2, 0) is 6.54 Å². The second kappa shape index (κ2) is 8.69. The molecule has 5 heteroatoms. The van der Waals surface area contributed by atoms with Gasteiger partial charge in [-0.1, -0.05) is 72.8 Å². The normalized spacial score (nSPS) is 18.2. The van der Waals surface area contributed by atoms with Gasteiger partial charge in [0.2, 0.25) is 0 Å². The molecule has 0 bridgehead atoms. The Bertz CT molecular complexity index is 850. The highest BCUT2D eigenvalue weighted by atomic mass is 35.5. The number of nitrogens with zero attached hydrogens (tertiary/aromatic N) is 1. The molecule has 138 valence electrons. The number of rotatable bonds is 4. The summed E-state index contributed by atoms with van der Waals surface area (Å²) in [5, 5.41) is 6.97. The minimum Gasteiger partial charge on any atom is -0.347 e. The van der Waals surface area contributed by atoms with Crippen LogP contribution in [0.2, 0.25) is 0 Å². The van der Waals surface area contributed by atoms with Gasteiger partial charge in [-0.15, -0.1) is 12.4 Å². The Balaban J connectivity index is 0.00000210. The minimum absolute atomic E-state index is 0. The molecule has 27 heavy (non-hydrogen) atoms. The fraction of sp³-hybridized carbons (Fsp3) is 0.136. The Morgan fingerprint density at radius 3 is 1.81 bits per heavy atom. The second-order valence-electron chi connectivity index (χ2n) is 6.36. The van der Waals surface area contributed by atoms with Crippen molar-refractivity contribution in [3.05, 3.63) is 107 Å². The van der Waals surface area contributed by atoms with Gasteiger partial charge < -0.3 is 10.6 Å². The van der Waals surface area contributed by atoms with E-state index >= 15 is 0 Å². The topological polar surface area (TPSA) is 36.4 Å². The largest absolute Gasteiger partial charge is 0.347 e. The molecule has 2 atom stereocenters. The van der Waals surface area contributed by atoms with Crippen molar-refractivity contribution in [1.82, 2.24) is 10.6 Å². The minimum atomic E-state index is -0.237. The predicted octanol–water partition coefficient (Wildman–Crippen LogP) is 4.78. The van der Waals surface area contributed by atoms with E-state index in [0.29, 0.717) is 6.54 Å². The molecule has 0 amide bonds. The van der Waals surface area contributed by atoms with Gasteiger partial charge in [-0.2, -0.15) is 0 Å². The van der Waals surface area contributed by atoms with E-state index in [-0.39, 0.29) is 30.3 Å². The third-order valence-corrected chi connectivity index (χ3v) is 4.54. The van der Waals surface area contributed by atoms with Crippen LogP contribution >= 0.6 is 12.4 Å². The molecule has 1 heterocycles. The lowest BCUT2D eigenvalue weighted by Crippen LogP contribution is -2.25. The summed E-state index contributed by atoms with van der Waals surface area (Å²) in [5.74, 6) is 0.497. The highest BCUT2D eigenvalue weighted by molar-refractivity contribution is 5.85. The summed E-state index contributed by atoms with van der Waals surface area (Å²) in [4.78, 5) is 4.61. The van der Waals surface area contributed by atoms with Crippen molar-refractivity contribution >= 4 is 18.4 Å². The Labute approximate surface area is 164 Å². The molecule has 0 radical (unpaired) electrons. The predicted molar refractivity (Wildman–Crippen MR) is 109 cm³/mol. The highest BCUT2D eigenvalue weighted by Gasteiger charge is 2.32. The number of hydrogen-bond acceptors (Lipinski definition) is 1. The van der Waals surface area contributed by atoms with Gasteiger partial charge in [-0.05, 0) is 28.8 Å². The molecular weight excluding hydrogens is 361 g/mol. The molecule has 1 aliphatic rings. The van der Waals surface area contributed by atoms with Gasteiger partial charge in [-0.25, -0.2) is 9.38 Å². The van der Waals surface area contributed by atoms with E-state index in [1.54, 1.807) is 6.07 Å². The van der Waals surface area contributed by atoms with E-state index in [2.05, 4.69) is 39.9 Å².